The number of aliphatic imine (C=N–C) groups is 1. The summed E-state index contributed by atoms with van der Waals surface area (Å²) in [5, 5.41) is 46.1. The van der Waals surface area contributed by atoms with Gasteiger partial charge in [-0.1, -0.05) is 74.9 Å². The SMILES string of the molecule is CCC(C)[C@@H]1NC(=O)[C@H](NC(=O)N[C@@H](CCCN=C(N)N)C(=O)O)CCCCNC(=O)[C@H](Cc2ccccc2)NC(=O)[C@H](CCc2ccc(O)cc2)N(C)C(=O)[C@H](CCc2ccc(O)cc2)NC1=O. The van der Waals surface area contributed by atoms with Crippen molar-refractivity contribution in [1.29, 1.82) is 0 Å². The van der Waals surface area contributed by atoms with Gasteiger partial charge >= 0.3 is 12.0 Å². The molecule has 1 fully saturated rings. The van der Waals surface area contributed by atoms with E-state index in [1.807, 2.05) is 37.3 Å². The smallest absolute Gasteiger partial charge is 0.326 e. The van der Waals surface area contributed by atoms with Gasteiger partial charge in [-0.05, 0) is 105 Å². The summed E-state index contributed by atoms with van der Waals surface area (Å²) in [6, 6.07) is 13.5. The van der Waals surface area contributed by atoms with Crippen molar-refractivity contribution in [3.05, 3.63) is 95.6 Å². The fourth-order valence-electron chi connectivity index (χ4n) is 7.84. The molecule has 0 radical (unpaired) electrons. The molecular weight excluding hydrogens is 889 g/mol. The zero-order valence-electron chi connectivity index (χ0n) is 39.5. The van der Waals surface area contributed by atoms with Gasteiger partial charge in [0.1, 0.15) is 47.8 Å². The number of urea groups is 1. The number of nitrogens with two attached hydrogens (primary N) is 2. The molecule has 13 N–H and O–H groups in total. The number of nitrogens with zero attached hydrogens (tertiary/aromatic N) is 2. The van der Waals surface area contributed by atoms with Crippen LogP contribution < -0.4 is 43.4 Å². The van der Waals surface area contributed by atoms with Gasteiger partial charge in [-0.15, -0.1) is 0 Å². The number of nitrogens with one attached hydrogen (secondary N) is 6. The van der Waals surface area contributed by atoms with E-state index in [2.05, 4.69) is 36.9 Å². The van der Waals surface area contributed by atoms with E-state index in [0.29, 0.717) is 19.3 Å². The number of likely N-dealkylation sites (N-methyl/N-ethyl adjacent to an activating group) is 1. The number of hydrogen-bond donors (Lipinski definition) is 11. The van der Waals surface area contributed by atoms with Crippen molar-refractivity contribution in [1.82, 2.24) is 36.8 Å². The van der Waals surface area contributed by atoms with Crippen LogP contribution in [-0.4, -0.2) is 124 Å². The first-order valence-corrected chi connectivity index (χ1v) is 23.4. The molecule has 0 bridgehead atoms. The molecule has 0 aliphatic carbocycles. The Morgan fingerprint density at radius 1 is 0.783 bits per heavy atom. The number of amides is 7. The number of hydrogen-bond acceptors (Lipinski definition) is 10. The van der Waals surface area contributed by atoms with Crippen molar-refractivity contribution in [2.24, 2.45) is 22.4 Å². The molecule has 1 aliphatic heterocycles. The van der Waals surface area contributed by atoms with E-state index in [0.717, 1.165) is 16.7 Å². The van der Waals surface area contributed by atoms with Crippen LogP contribution in [0.1, 0.15) is 81.9 Å². The molecule has 7 atom stereocenters. The molecule has 3 aromatic rings. The summed E-state index contributed by atoms with van der Waals surface area (Å²) in [5.74, 6) is -5.09. The molecule has 1 heterocycles. The van der Waals surface area contributed by atoms with E-state index in [4.69, 9.17) is 11.5 Å². The fraction of sp³-hybridized carbons (Fsp3) is 0.469. The Morgan fingerprint density at radius 3 is 1.99 bits per heavy atom. The van der Waals surface area contributed by atoms with Gasteiger partial charge in [0.25, 0.3) is 0 Å². The number of guanidine groups is 1. The van der Waals surface area contributed by atoms with Crippen LogP contribution in [0.2, 0.25) is 0 Å². The number of carbonyl (C=O) groups is 7. The lowest BCUT2D eigenvalue weighted by molar-refractivity contribution is -0.143. The Bertz CT molecular complexity index is 2210. The second kappa shape index (κ2) is 27.4. The Kier molecular flexibility index (Phi) is 21.6. The normalized spacial score (nSPS) is 20.8. The van der Waals surface area contributed by atoms with Crippen LogP contribution in [0.25, 0.3) is 0 Å². The zero-order valence-corrected chi connectivity index (χ0v) is 39.5. The van der Waals surface area contributed by atoms with Gasteiger partial charge < -0.3 is 63.6 Å². The third-order valence-electron chi connectivity index (χ3n) is 12.1. The summed E-state index contributed by atoms with van der Waals surface area (Å²) in [5.41, 5.74) is 13.0. The van der Waals surface area contributed by atoms with Gasteiger partial charge in [0.2, 0.25) is 29.5 Å². The van der Waals surface area contributed by atoms with E-state index in [1.165, 1.54) is 36.2 Å². The summed E-state index contributed by atoms with van der Waals surface area (Å²) in [6.45, 7) is 3.79. The second-order valence-electron chi connectivity index (χ2n) is 17.4. The van der Waals surface area contributed by atoms with E-state index in [9.17, 15) is 48.9 Å². The predicted octanol–water partition coefficient (Wildman–Crippen LogP) is 1.71. The number of carboxylic acid groups (broad SMARTS) is 1. The number of aryl methyl sites for hydroxylation is 2. The first-order valence-electron chi connectivity index (χ1n) is 23.4. The maximum atomic E-state index is 14.9. The number of benzene rings is 3. The molecule has 0 saturated carbocycles. The Hall–Kier alpha value is -7.38. The van der Waals surface area contributed by atoms with Crippen LogP contribution in [0.15, 0.2) is 83.9 Å². The number of carboxylic acids is 1. The van der Waals surface area contributed by atoms with Crippen molar-refractivity contribution in [2.75, 3.05) is 20.1 Å². The molecule has 0 aromatic heterocycles. The molecule has 20 nitrogen and oxygen atoms in total. The minimum Gasteiger partial charge on any atom is -0.508 e. The number of aliphatic carboxylic acids is 1. The van der Waals surface area contributed by atoms with Gasteiger partial charge in [0, 0.05) is 26.6 Å². The average molecular weight is 957 g/mol. The standard InChI is InChI=1S/C49H68N10O10/c1-4-30(2)41-45(65)54-37(25-19-31-15-21-34(60)22-16-31)46(66)59(3)40(26-20-32-17-23-35(61)24-18-32)44(64)55-39(29-33-11-6-5-7-12-33)42(62)52-27-9-8-13-36(43(63)58-41)56-49(69)57-38(47(67)68)14-10-28-53-48(50)51/h5-7,11-12,15-18,21-24,30,36-41,60-61H,4,8-10,13-14,19-20,25-29H2,1-3H3,(H,52,62)(H,54,65)(H,55,64)(H,58,63)(H,67,68)(H4,50,51,53)(H2,56,57,69)/t30?,36-,37+,38+,39+,40+,41+/m1/s1. The number of rotatable bonds is 17. The Labute approximate surface area is 402 Å². The third-order valence-corrected chi connectivity index (χ3v) is 12.1. The molecule has 3 aromatic carbocycles. The highest BCUT2D eigenvalue weighted by Gasteiger charge is 2.37. The quantitative estimate of drug-likeness (QED) is 0.0524. The van der Waals surface area contributed by atoms with E-state index >= 15 is 0 Å². The van der Waals surface area contributed by atoms with E-state index in [-0.39, 0.29) is 81.9 Å². The molecule has 69 heavy (non-hydrogen) atoms. The maximum absolute atomic E-state index is 14.9. The van der Waals surface area contributed by atoms with Crippen LogP contribution in [0.3, 0.4) is 0 Å². The summed E-state index contributed by atoms with van der Waals surface area (Å²) in [4.78, 5) is 103. The molecule has 1 saturated heterocycles. The first kappa shape index (κ1) is 54.2. The van der Waals surface area contributed by atoms with Crippen molar-refractivity contribution in [3.63, 3.8) is 0 Å². The van der Waals surface area contributed by atoms with Gasteiger partial charge in [-0.2, -0.15) is 0 Å². The summed E-state index contributed by atoms with van der Waals surface area (Å²) >= 11 is 0. The minimum absolute atomic E-state index is 0.0115. The van der Waals surface area contributed by atoms with Crippen LogP contribution >= 0.6 is 0 Å². The lowest BCUT2D eigenvalue weighted by atomic mass is 9.96. The Morgan fingerprint density at radius 2 is 1.39 bits per heavy atom. The monoisotopic (exact) mass is 957 g/mol. The van der Waals surface area contributed by atoms with Gasteiger partial charge in [0.15, 0.2) is 5.96 Å². The topological polar surface area (TPSA) is 320 Å². The maximum Gasteiger partial charge on any atom is 0.326 e. The van der Waals surface area contributed by atoms with Crippen LogP contribution in [0.4, 0.5) is 4.79 Å². The summed E-state index contributed by atoms with van der Waals surface area (Å²) < 4.78 is 0. The second-order valence-corrected chi connectivity index (χ2v) is 17.4. The summed E-state index contributed by atoms with van der Waals surface area (Å²) in [7, 11) is 1.45. The van der Waals surface area contributed by atoms with E-state index < -0.39 is 83.7 Å². The number of phenolic OH excluding ortho intramolecular Hbond substituents is 2. The molecule has 1 aliphatic rings. The minimum atomic E-state index is -1.36. The highest BCUT2D eigenvalue weighted by atomic mass is 16.4. The molecule has 4 rings (SSSR count). The predicted molar refractivity (Wildman–Crippen MR) is 258 cm³/mol. The fourth-order valence-corrected chi connectivity index (χ4v) is 7.84. The highest BCUT2D eigenvalue weighted by Crippen LogP contribution is 2.19. The lowest BCUT2D eigenvalue weighted by Gasteiger charge is -2.33. The number of aromatic hydroxyl groups is 2. The molecule has 1 unspecified atom stereocenters. The molecule has 0 spiro atoms. The molecular formula is C49H68N10O10. The largest absolute Gasteiger partial charge is 0.508 e. The van der Waals surface area contributed by atoms with Crippen molar-refractivity contribution in [2.45, 2.75) is 121 Å². The zero-order chi connectivity index (χ0) is 50.5. The van der Waals surface area contributed by atoms with Gasteiger partial charge in [-0.3, -0.25) is 29.0 Å². The highest BCUT2D eigenvalue weighted by molar-refractivity contribution is 5.96. The van der Waals surface area contributed by atoms with Crippen LogP contribution in [-0.2, 0) is 48.0 Å². The van der Waals surface area contributed by atoms with Crippen LogP contribution in [0, 0.1) is 5.92 Å². The Balaban J connectivity index is 1.73. The summed E-state index contributed by atoms with van der Waals surface area (Å²) in [6.07, 6.45) is 1.98. The lowest BCUT2D eigenvalue weighted by Crippen LogP contribution is -2.61. The van der Waals surface area contributed by atoms with Gasteiger partial charge in [0.05, 0.1) is 0 Å². The molecule has 374 valence electrons. The third kappa shape index (κ3) is 18.0. The van der Waals surface area contributed by atoms with E-state index in [1.54, 1.807) is 31.2 Å². The number of phenols is 2. The molecule has 7 amide bonds. The first-order chi connectivity index (χ1) is 32.9. The molecule has 20 heteroatoms. The van der Waals surface area contributed by atoms with Gasteiger partial charge in [-0.25, -0.2) is 9.59 Å². The van der Waals surface area contributed by atoms with Crippen molar-refractivity contribution in [3.8, 4) is 11.5 Å². The van der Waals surface area contributed by atoms with Crippen molar-refractivity contribution >= 4 is 47.5 Å². The number of carbonyl (C=O) groups excluding carboxylic acids is 6. The average Bonchev–Trinajstić information content (AvgIpc) is 3.32. The van der Waals surface area contributed by atoms with Crippen LogP contribution in [0.5, 0.6) is 11.5 Å². The van der Waals surface area contributed by atoms with Crippen molar-refractivity contribution < 1.29 is 48.9 Å².